The van der Waals surface area contributed by atoms with Gasteiger partial charge in [0.05, 0.1) is 22.2 Å². The third-order valence-electron chi connectivity index (χ3n) is 3.05. The number of hydrogen-bond donors (Lipinski definition) is 2. The highest BCUT2D eigenvalue weighted by Gasteiger charge is 2.21. The maximum atomic E-state index is 11.6. The molecule has 2 rings (SSSR count). The highest BCUT2D eigenvalue weighted by Crippen LogP contribution is 2.34. The highest BCUT2D eigenvalue weighted by molar-refractivity contribution is 14.1. The Morgan fingerprint density at radius 2 is 2.16 bits per heavy atom. The molecule has 9 nitrogen and oxygen atoms in total. The van der Waals surface area contributed by atoms with E-state index in [0.717, 1.165) is 9.13 Å². The monoisotopic (exact) mass is 459 g/mol. The number of hydrogen-bond acceptors (Lipinski definition) is 7. The number of rotatable bonds is 6. The van der Waals surface area contributed by atoms with Crippen LogP contribution in [-0.4, -0.2) is 33.7 Å². The van der Waals surface area contributed by atoms with E-state index in [0.29, 0.717) is 18.1 Å². The molecule has 0 radical (unpaired) electrons. The molecule has 0 bridgehead atoms. The normalized spacial score (nSPS) is 10.8. The van der Waals surface area contributed by atoms with E-state index in [1.807, 2.05) is 13.0 Å². The minimum atomic E-state index is -1.03. The molecule has 0 aliphatic heterocycles. The molecule has 0 saturated heterocycles. The van der Waals surface area contributed by atoms with Gasteiger partial charge in [0, 0.05) is 0 Å². The van der Waals surface area contributed by atoms with E-state index in [1.165, 1.54) is 13.2 Å². The average molecular weight is 459 g/mol. The maximum absolute atomic E-state index is 11.6. The van der Waals surface area contributed by atoms with Crippen molar-refractivity contribution < 1.29 is 19.5 Å². The van der Waals surface area contributed by atoms with E-state index in [2.05, 4.69) is 32.6 Å². The number of nitrogens with one attached hydrogen (secondary N) is 1. The van der Waals surface area contributed by atoms with Crippen molar-refractivity contribution in [3.63, 3.8) is 0 Å². The maximum Gasteiger partial charge on any atom is 0.395 e. The van der Waals surface area contributed by atoms with Crippen LogP contribution in [0.4, 0.5) is 5.69 Å². The lowest BCUT2D eigenvalue weighted by atomic mass is 10.2. The summed E-state index contributed by atoms with van der Waals surface area (Å²) in [5, 5.41) is 20.2. The number of benzene rings is 1. The zero-order valence-electron chi connectivity index (χ0n) is 13.3. The number of halogens is 1. The number of aromatic hydroxyl groups is 1. The zero-order valence-corrected chi connectivity index (χ0v) is 15.4. The van der Waals surface area contributed by atoms with E-state index in [9.17, 15) is 20.0 Å². The fourth-order valence-electron chi connectivity index (χ4n) is 2.01. The Hall–Kier alpha value is -2.63. The van der Waals surface area contributed by atoms with Gasteiger partial charge in [0.25, 0.3) is 5.88 Å². The summed E-state index contributed by atoms with van der Waals surface area (Å²) in [6.45, 7) is 2.36. The summed E-state index contributed by atoms with van der Waals surface area (Å²) in [4.78, 5) is 27.1. The minimum absolute atomic E-state index is 0.0176. The summed E-state index contributed by atoms with van der Waals surface area (Å²) in [6, 6.07) is 3.56. The molecule has 10 heteroatoms. The number of aromatic nitrogens is 2. The summed E-state index contributed by atoms with van der Waals surface area (Å²) >= 11 is 2.11. The molecule has 132 valence electrons. The van der Waals surface area contributed by atoms with Crippen molar-refractivity contribution in [2.45, 2.75) is 6.92 Å². The highest BCUT2D eigenvalue weighted by atomic mass is 127. The summed E-state index contributed by atoms with van der Waals surface area (Å²) in [5.41, 5.74) is -1.30. The first-order chi connectivity index (χ1) is 11.9. The second kappa shape index (κ2) is 7.96. The van der Waals surface area contributed by atoms with Crippen LogP contribution >= 0.6 is 22.6 Å². The smallest absolute Gasteiger partial charge is 0.395 e. The molecule has 1 aromatic carbocycles. The molecule has 0 aliphatic carbocycles. The Balaban J connectivity index is 2.38. The molecular formula is C15H14IN3O6. The van der Waals surface area contributed by atoms with Crippen molar-refractivity contribution in [3.8, 4) is 17.4 Å². The topological polar surface area (TPSA) is 128 Å². The Kier molecular flexibility index (Phi) is 5.96. The summed E-state index contributed by atoms with van der Waals surface area (Å²) in [6.07, 6.45) is 3.03. The van der Waals surface area contributed by atoms with Gasteiger partial charge in [0.1, 0.15) is 5.82 Å². The number of nitro groups is 1. The lowest BCUT2D eigenvalue weighted by molar-refractivity contribution is -0.387. The zero-order chi connectivity index (χ0) is 18.6. The molecule has 1 heterocycles. The van der Waals surface area contributed by atoms with E-state index >= 15 is 0 Å². The van der Waals surface area contributed by atoms with Crippen LogP contribution in [0.1, 0.15) is 18.3 Å². The molecule has 0 fully saturated rings. The molecule has 25 heavy (non-hydrogen) atoms. The Bertz CT molecular complexity index is 894. The van der Waals surface area contributed by atoms with Crippen LogP contribution in [0.25, 0.3) is 12.2 Å². The second-order valence-electron chi connectivity index (χ2n) is 4.68. The second-order valence-corrected chi connectivity index (χ2v) is 5.84. The van der Waals surface area contributed by atoms with Gasteiger partial charge in [-0.05, 0) is 53.3 Å². The van der Waals surface area contributed by atoms with Gasteiger partial charge in [-0.1, -0.05) is 6.08 Å². The largest absolute Gasteiger partial charge is 0.493 e. The van der Waals surface area contributed by atoms with Gasteiger partial charge in [-0.2, -0.15) is 4.98 Å². The van der Waals surface area contributed by atoms with Crippen molar-refractivity contribution in [3.05, 3.63) is 47.6 Å². The van der Waals surface area contributed by atoms with Crippen LogP contribution in [-0.2, 0) is 0 Å². The first kappa shape index (κ1) is 18.7. The molecule has 0 spiro atoms. The summed E-state index contributed by atoms with van der Waals surface area (Å²) in [5.74, 6) is 0.215. The van der Waals surface area contributed by atoms with E-state index < -0.39 is 22.0 Å². The van der Waals surface area contributed by atoms with E-state index in [1.54, 1.807) is 12.1 Å². The van der Waals surface area contributed by atoms with Gasteiger partial charge in [-0.25, -0.2) is 0 Å². The van der Waals surface area contributed by atoms with Crippen molar-refractivity contribution in [2.75, 3.05) is 13.7 Å². The van der Waals surface area contributed by atoms with Crippen LogP contribution in [0.15, 0.2) is 16.9 Å². The molecule has 1 aromatic heterocycles. The minimum Gasteiger partial charge on any atom is -0.493 e. The predicted octanol–water partition coefficient (Wildman–Crippen LogP) is 2.57. The Labute approximate surface area is 155 Å². The Morgan fingerprint density at radius 1 is 1.44 bits per heavy atom. The molecule has 0 aliphatic rings. The molecule has 0 atom stereocenters. The van der Waals surface area contributed by atoms with Crippen LogP contribution < -0.4 is 15.0 Å². The molecule has 2 N–H and O–H groups in total. The first-order valence-electron chi connectivity index (χ1n) is 7.03. The van der Waals surface area contributed by atoms with Gasteiger partial charge in [-0.15, -0.1) is 0 Å². The van der Waals surface area contributed by atoms with Gasteiger partial charge in [-0.3, -0.25) is 14.9 Å². The third kappa shape index (κ3) is 4.26. The van der Waals surface area contributed by atoms with Gasteiger partial charge in [0.2, 0.25) is 0 Å². The van der Waals surface area contributed by atoms with E-state index in [-0.39, 0.29) is 5.82 Å². The quantitative estimate of drug-likeness (QED) is 0.386. The molecule has 0 saturated carbocycles. The van der Waals surface area contributed by atoms with Gasteiger partial charge < -0.3 is 19.6 Å². The standard InChI is InChI=1S/C15H14IN3O6/c1-3-25-13-9(16)6-8(7-10(13)24-2)4-5-11-17-14(20)12(19(22)23)15(21)18-11/h4-7H,3H2,1-2H3,(H2,17,18,20,21)/b5-4-. The summed E-state index contributed by atoms with van der Waals surface area (Å²) < 4.78 is 11.7. The van der Waals surface area contributed by atoms with Gasteiger partial charge in [0.15, 0.2) is 11.5 Å². The average Bonchev–Trinajstić information content (AvgIpc) is 2.54. The van der Waals surface area contributed by atoms with Gasteiger partial charge >= 0.3 is 11.2 Å². The van der Waals surface area contributed by atoms with Crippen molar-refractivity contribution in [1.29, 1.82) is 0 Å². The lowest BCUT2D eigenvalue weighted by Crippen LogP contribution is -2.14. The molecule has 2 aromatic rings. The molecule has 0 unspecified atom stereocenters. The van der Waals surface area contributed by atoms with Crippen molar-refractivity contribution in [2.24, 2.45) is 0 Å². The van der Waals surface area contributed by atoms with E-state index in [4.69, 9.17) is 9.47 Å². The fraction of sp³-hybridized carbons (Fsp3) is 0.200. The van der Waals surface area contributed by atoms with Crippen LogP contribution in [0, 0.1) is 13.7 Å². The van der Waals surface area contributed by atoms with Crippen LogP contribution in [0.3, 0.4) is 0 Å². The summed E-state index contributed by atoms with van der Waals surface area (Å²) in [7, 11) is 1.52. The number of methoxy groups -OCH3 is 1. The third-order valence-corrected chi connectivity index (χ3v) is 3.85. The first-order valence-corrected chi connectivity index (χ1v) is 8.11. The molecular weight excluding hydrogens is 445 g/mol. The Morgan fingerprint density at radius 3 is 2.72 bits per heavy atom. The number of ether oxygens (including phenoxy) is 2. The van der Waals surface area contributed by atoms with Crippen LogP contribution in [0.5, 0.6) is 17.4 Å². The predicted molar refractivity (Wildman–Crippen MR) is 99.0 cm³/mol. The number of nitrogens with zero attached hydrogens (tertiary/aromatic N) is 2. The SMILES string of the molecule is CCOc1c(I)cc(/C=C\c2nc(O)c([N+](=O)[O-])c(=O)[nH]2)cc1OC. The van der Waals surface area contributed by atoms with Crippen LogP contribution in [0.2, 0.25) is 0 Å². The number of aromatic amines is 1. The van der Waals surface area contributed by atoms with Crippen molar-refractivity contribution >= 4 is 40.4 Å². The number of H-pyrrole nitrogens is 1. The fourth-order valence-corrected chi connectivity index (χ4v) is 2.79. The lowest BCUT2D eigenvalue weighted by Gasteiger charge is -2.12. The van der Waals surface area contributed by atoms with Crippen molar-refractivity contribution in [1.82, 2.24) is 9.97 Å². The molecule has 0 amide bonds.